The molecule has 96 valence electrons. The standard InChI is InChI=1S/C12H17NO3.ClH/c1-7-4-9(14)5-8(2)10(7)6-11(13)12(15)16-3;/h4-5,11,14H,6,13H2,1-3H3;1H/t11-;/m0./s1. The highest BCUT2D eigenvalue weighted by atomic mass is 35.5. The van der Waals surface area contributed by atoms with Crippen LogP contribution in [0.1, 0.15) is 16.7 Å². The van der Waals surface area contributed by atoms with Crippen molar-refractivity contribution in [2.24, 2.45) is 5.73 Å². The number of esters is 1. The van der Waals surface area contributed by atoms with Gasteiger partial charge in [0.05, 0.1) is 7.11 Å². The van der Waals surface area contributed by atoms with Crippen LogP contribution in [0.15, 0.2) is 12.1 Å². The van der Waals surface area contributed by atoms with Crippen molar-refractivity contribution in [3.05, 3.63) is 28.8 Å². The molecule has 0 aliphatic rings. The Labute approximate surface area is 107 Å². The fourth-order valence-corrected chi connectivity index (χ4v) is 1.75. The summed E-state index contributed by atoms with van der Waals surface area (Å²) in [5.41, 5.74) is 8.54. The van der Waals surface area contributed by atoms with Gasteiger partial charge in [-0.25, -0.2) is 0 Å². The lowest BCUT2D eigenvalue weighted by atomic mass is 9.96. The van der Waals surface area contributed by atoms with Gasteiger partial charge in [0.25, 0.3) is 0 Å². The van der Waals surface area contributed by atoms with Crippen molar-refractivity contribution in [3.8, 4) is 5.75 Å². The first-order chi connectivity index (χ1) is 7.45. The van der Waals surface area contributed by atoms with Crippen LogP contribution >= 0.6 is 12.4 Å². The van der Waals surface area contributed by atoms with Gasteiger partial charge in [-0.15, -0.1) is 12.4 Å². The summed E-state index contributed by atoms with van der Waals surface area (Å²) >= 11 is 0. The molecule has 0 heterocycles. The van der Waals surface area contributed by atoms with Gasteiger partial charge in [0, 0.05) is 0 Å². The molecule has 17 heavy (non-hydrogen) atoms. The molecular formula is C12H18ClNO3. The predicted octanol–water partition coefficient (Wildman–Crippen LogP) is 1.47. The highest BCUT2D eigenvalue weighted by Gasteiger charge is 2.16. The Morgan fingerprint density at radius 3 is 2.29 bits per heavy atom. The van der Waals surface area contributed by atoms with Gasteiger partial charge in [-0.3, -0.25) is 4.79 Å². The van der Waals surface area contributed by atoms with Gasteiger partial charge in [-0.2, -0.15) is 0 Å². The zero-order valence-corrected chi connectivity index (χ0v) is 11.0. The largest absolute Gasteiger partial charge is 0.508 e. The molecule has 0 saturated carbocycles. The van der Waals surface area contributed by atoms with Crippen molar-refractivity contribution in [1.29, 1.82) is 0 Å². The lowest BCUT2D eigenvalue weighted by molar-refractivity contribution is -0.142. The first-order valence-electron chi connectivity index (χ1n) is 5.08. The second kappa shape index (κ2) is 6.47. The molecular weight excluding hydrogens is 242 g/mol. The van der Waals surface area contributed by atoms with Crippen molar-refractivity contribution >= 4 is 18.4 Å². The molecule has 0 aliphatic carbocycles. The fourth-order valence-electron chi connectivity index (χ4n) is 1.75. The number of nitrogens with two attached hydrogens (primary N) is 1. The molecule has 3 N–H and O–H groups in total. The molecule has 0 unspecified atom stereocenters. The first kappa shape index (κ1) is 15.7. The number of methoxy groups -OCH3 is 1. The van der Waals surface area contributed by atoms with Gasteiger partial charge in [-0.1, -0.05) is 0 Å². The summed E-state index contributed by atoms with van der Waals surface area (Å²) in [6, 6.07) is 2.66. The number of carbonyl (C=O) groups is 1. The van der Waals surface area contributed by atoms with E-state index in [1.165, 1.54) is 7.11 Å². The average Bonchev–Trinajstić information content (AvgIpc) is 2.21. The van der Waals surface area contributed by atoms with E-state index in [1.54, 1.807) is 12.1 Å². The molecule has 4 nitrogen and oxygen atoms in total. The Hall–Kier alpha value is -1.26. The molecule has 1 aromatic rings. The van der Waals surface area contributed by atoms with Gasteiger partial charge in [0.1, 0.15) is 11.8 Å². The van der Waals surface area contributed by atoms with Crippen molar-refractivity contribution < 1.29 is 14.6 Å². The van der Waals surface area contributed by atoms with Crippen LogP contribution in [-0.4, -0.2) is 24.2 Å². The number of carbonyl (C=O) groups excluding carboxylic acids is 1. The number of ether oxygens (including phenoxy) is 1. The Balaban J connectivity index is 0.00000256. The van der Waals surface area contributed by atoms with Crippen LogP contribution in [-0.2, 0) is 16.0 Å². The topological polar surface area (TPSA) is 72.5 Å². The zero-order valence-electron chi connectivity index (χ0n) is 10.2. The summed E-state index contributed by atoms with van der Waals surface area (Å²) in [7, 11) is 1.32. The van der Waals surface area contributed by atoms with Crippen LogP contribution in [0.2, 0.25) is 0 Å². The molecule has 1 aromatic carbocycles. The Bertz CT molecular complexity index is 384. The predicted molar refractivity (Wildman–Crippen MR) is 68.5 cm³/mol. The third-order valence-corrected chi connectivity index (χ3v) is 2.61. The zero-order chi connectivity index (χ0) is 12.3. The smallest absolute Gasteiger partial charge is 0.322 e. The highest BCUT2D eigenvalue weighted by molar-refractivity contribution is 5.85. The maximum atomic E-state index is 11.2. The number of aromatic hydroxyl groups is 1. The molecule has 0 aliphatic heterocycles. The minimum absolute atomic E-state index is 0. The number of phenols is 1. The lowest BCUT2D eigenvalue weighted by Crippen LogP contribution is -2.34. The number of phenolic OH excluding ortho intramolecular Hbond substituents is 1. The molecule has 0 fully saturated rings. The monoisotopic (exact) mass is 259 g/mol. The number of hydrogen-bond acceptors (Lipinski definition) is 4. The Kier molecular flexibility index (Phi) is 5.99. The van der Waals surface area contributed by atoms with Gasteiger partial charge in [0.2, 0.25) is 0 Å². The van der Waals surface area contributed by atoms with Crippen molar-refractivity contribution in [2.45, 2.75) is 26.3 Å². The number of benzene rings is 1. The summed E-state index contributed by atoms with van der Waals surface area (Å²) in [6.45, 7) is 3.76. The minimum atomic E-state index is -0.660. The fraction of sp³-hybridized carbons (Fsp3) is 0.417. The normalized spacial score (nSPS) is 11.5. The van der Waals surface area contributed by atoms with Crippen molar-refractivity contribution in [1.82, 2.24) is 0 Å². The highest BCUT2D eigenvalue weighted by Crippen LogP contribution is 2.21. The third-order valence-electron chi connectivity index (χ3n) is 2.61. The summed E-state index contributed by atoms with van der Waals surface area (Å²) in [5.74, 6) is -0.197. The van der Waals surface area contributed by atoms with Gasteiger partial charge < -0.3 is 15.6 Å². The van der Waals surface area contributed by atoms with Crippen LogP contribution in [0, 0.1) is 13.8 Å². The quantitative estimate of drug-likeness (QED) is 0.807. The average molecular weight is 260 g/mol. The van der Waals surface area contributed by atoms with E-state index in [9.17, 15) is 9.90 Å². The minimum Gasteiger partial charge on any atom is -0.508 e. The number of aryl methyl sites for hydroxylation is 2. The van der Waals surface area contributed by atoms with Crippen molar-refractivity contribution in [3.63, 3.8) is 0 Å². The van der Waals surface area contributed by atoms with Crippen LogP contribution in [0.5, 0.6) is 5.75 Å². The van der Waals surface area contributed by atoms with E-state index >= 15 is 0 Å². The van der Waals surface area contributed by atoms with E-state index < -0.39 is 12.0 Å². The lowest BCUT2D eigenvalue weighted by Gasteiger charge is -2.14. The van der Waals surface area contributed by atoms with Gasteiger partial charge in [-0.05, 0) is 49.1 Å². The second-order valence-corrected chi connectivity index (χ2v) is 3.89. The third kappa shape index (κ3) is 3.91. The van der Waals surface area contributed by atoms with E-state index in [-0.39, 0.29) is 18.2 Å². The van der Waals surface area contributed by atoms with E-state index in [2.05, 4.69) is 4.74 Å². The molecule has 0 amide bonds. The molecule has 0 spiro atoms. The molecule has 5 heteroatoms. The van der Waals surface area contributed by atoms with Gasteiger partial charge >= 0.3 is 5.97 Å². The van der Waals surface area contributed by atoms with Crippen LogP contribution in [0.3, 0.4) is 0 Å². The molecule has 1 rings (SSSR count). The second-order valence-electron chi connectivity index (χ2n) is 3.89. The van der Waals surface area contributed by atoms with E-state index in [4.69, 9.17) is 5.73 Å². The van der Waals surface area contributed by atoms with E-state index in [0.717, 1.165) is 16.7 Å². The maximum absolute atomic E-state index is 11.2. The summed E-state index contributed by atoms with van der Waals surface area (Å²) < 4.78 is 4.57. The van der Waals surface area contributed by atoms with Crippen LogP contribution < -0.4 is 5.73 Å². The molecule has 0 aromatic heterocycles. The first-order valence-corrected chi connectivity index (χ1v) is 5.08. The van der Waals surface area contributed by atoms with Crippen LogP contribution in [0.25, 0.3) is 0 Å². The summed E-state index contributed by atoms with van der Waals surface area (Å²) in [6.07, 6.45) is 0.421. The number of rotatable bonds is 3. The summed E-state index contributed by atoms with van der Waals surface area (Å²) in [5, 5.41) is 9.38. The summed E-state index contributed by atoms with van der Waals surface area (Å²) in [4.78, 5) is 11.2. The van der Waals surface area contributed by atoms with E-state index in [0.29, 0.717) is 6.42 Å². The number of halogens is 1. The van der Waals surface area contributed by atoms with E-state index in [1.807, 2.05) is 13.8 Å². The Morgan fingerprint density at radius 1 is 1.41 bits per heavy atom. The maximum Gasteiger partial charge on any atom is 0.322 e. The Morgan fingerprint density at radius 2 is 1.88 bits per heavy atom. The number of hydrogen-bond donors (Lipinski definition) is 2. The molecule has 0 bridgehead atoms. The van der Waals surface area contributed by atoms with Crippen molar-refractivity contribution in [2.75, 3.05) is 7.11 Å². The van der Waals surface area contributed by atoms with Gasteiger partial charge in [0.15, 0.2) is 0 Å². The SMILES string of the molecule is COC(=O)[C@@H](N)Cc1c(C)cc(O)cc1C.Cl. The van der Waals surface area contributed by atoms with Crippen LogP contribution in [0.4, 0.5) is 0 Å². The molecule has 0 saturated heterocycles. The molecule has 1 atom stereocenters. The molecule has 0 radical (unpaired) electrons.